The SMILES string of the molecule is CCC1(CO)CCCN1C(=O)NCc1nc(N(C)C)n[nH]1. The van der Waals surface area contributed by atoms with Gasteiger partial charge in [-0.1, -0.05) is 6.92 Å². The van der Waals surface area contributed by atoms with Gasteiger partial charge >= 0.3 is 6.03 Å². The van der Waals surface area contributed by atoms with Crippen LogP contribution in [0.2, 0.25) is 0 Å². The molecule has 2 amide bonds. The fraction of sp³-hybridized carbons (Fsp3) is 0.769. The van der Waals surface area contributed by atoms with Gasteiger partial charge in [0.05, 0.1) is 18.7 Å². The standard InChI is InChI=1S/C13H24N6O2/c1-4-13(9-20)6-5-7-19(13)12(21)14-8-10-15-11(17-16-10)18(2)3/h20H,4-9H2,1-3H3,(H,14,21)(H,15,16,17). The molecule has 1 aromatic rings. The number of carbonyl (C=O) groups is 1. The number of aliphatic hydroxyl groups is 1. The molecule has 1 aliphatic heterocycles. The van der Waals surface area contributed by atoms with Crippen LogP contribution in [0.5, 0.6) is 0 Å². The molecule has 1 fully saturated rings. The summed E-state index contributed by atoms with van der Waals surface area (Å²) in [5.41, 5.74) is -0.416. The van der Waals surface area contributed by atoms with Gasteiger partial charge < -0.3 is 20.2 Å². The highest BCUT2D eigenvalue weighted by Crippen LogP contribution is 2.31. The Kier molecular flexibility index (Phi) is 4.66. The summed E-state index contributed by atoms with van der Waals surface area (Å²) < 4.78 is 0. The number of H-pyrrole nitrogens is 1. The molecule has 1 unspecified atom stereocenters. The van der Waals surface area contributed by atoms with Gasteiger partial charge in [0.2, 0.25) is 5.95 Å². The lowest BCUT2D eigenvalue weighted by atomic mass is 9.94. The molecule has 21 heavy (non-hydrogen) atoms. The second-order valence-corrected chi connectivity index (χ2v) is 5.63. The monoisotopic (exact) mass is 296 g/mol. The molecule has 1 aliphatic rings. The number of aliphatic hydroxyl groups excluding tert-OH is 1. The first-order valence-electron chi connectivity index (χ1n) is 7.27. The Labute approximate surface area is 124 Å². The number of nitrogens with zero attached hydrogens (tertiary/aromatic N) is 4. The predicted molar refractivity (Wildman–Crippen MR) is 79.0 cm³/mol. The normalized spacial score (nSPS) is 21.6. The van der Waals surface area contributed by atoms with E-state index in [0.29, 0.717) is 24.9 Å². The highest BCUT2D eigenvalue weighted by molar-refractivity contribution is 5.75. The zero-order valence-electron chi connectivity index (χ0n) is 12.9. The summed E-state index contributed by atoms with van der Waals surface area (Å²) in [4.78, 5) is 20.1. The fourth-order valence-corrected chi connectivity index (χ4v) is 2.72. The number of urea groups is 1. The van der Waals surface area contributed by atoms with E-state index in [1.165, 1.54) is 0 Å². The van der Waals surface area contributed by atoms with E-state index < -0.39 is 5.54 Å². The fourth-order valence-electron chi connectivity index (χ4n) is 2.72. The van der Waals surface area contributed by atoms with Gasteiger partial charge in [0.25, 0.3) is 0 Å². The van der Waals surface area contributed by atoms with Gasteiger partial charge in [0, 0.05) is 20.6 Å². The van der Waals surface area contributed by atoms with Crippen molar-refractivity contribution in [3.63, 3.8) is 0 Å². The van der Waals surface area contributed by atoms with Crippen LogP contribution >= 0.6 is 0 Å². The van der Waals surface area contributed by atoms with E-state index in [-0.39, 0.29) is 12.6 Å². The van der Waals surface area contributed by atoms with E-state index in [0.717, 1.165) is 19.3 Å². The molecule has 1 saturated heterocycles. The van der Waals surface area contributed by atoms with Gasteiger partial charge in [-0.25, -0.2) is 4.79 Å². The van der Waals surface area contributed by atoms with Crippen molar-refractivity contribution in [1.29, 1.82) is 0 Å². The summed E-state index contributed by atoms with van der Waals surface area (Å²) in [6.07, 6.45) is 2.53. The zero-order valence-corrected chi connectivity index (χ0v) is 12.9. The average molecular weight is 296 g/mol. The number of carbonyl (C=O) groups excluding carboxylic acids is 1. The molecular weight excluding hydrogens is 272 g/mol. The Morgan fingerprint density at radius 2 is 2.33 bits per heavy atom. The summed E-state index contributed by atoms with van der Waals surface area (Å²) in [6.45, 7) is 2.98. The summed E-state index contributed by atoms with van der Waals surface area (Å²) >= 11 is 0. The number of nitrogens with one attached hydrogen (secondary N) is 2. The molecule has 0 bridgehead atoms. The predicted octanol–water partition coefficient (Wildman–Crippen LogP) is 0.317. The third-order valence-corrected chi connectivity index (χ3v) is 4.12. The second-order valence-electron chi connectivity index (χ2n) is 5.63. The maximum absolute atomic E-state index is 12.3. The Hall–Kier alpha value is -1.83. The van der Waals surface area contributed by atoms with Crippen LogP contribution in [0.4, 0.5) is 10.7 Å². The van der Waals surface area contributed by atoms with Crippen LogP contribution < -0.4 is 10.2 Å². The quantitative estimate of drug-likeness (QED) is 0.727. The minimum atomic E-state index is -0.416. The zero-order chi connectivity index (χ0) is 15.5. The van der Waals surface area contributed by atoms with E-state index in [9.17, 15) is 9.90 Å². The molecule has 3 N–H and O–H groups in total. The number of aromatic nitrogens is 3. The van der Waals surface area contributed by atoms with Crippen LogP contribution in [0.15, 0.2) is 0 Å². The molecule has 0 radical (unpaired) electrons. The number of hydrogen-bond donors (Lipinski definition) is 3. The first-order chi connectivity index (χ1) is 10.0. The molecule has 0 aliphatic carbocycles. The van der Waals surface area contributed by atoms with Gasteiger partial charge in [0.1, 0.15) is 5.82 Å². The number of rotatable bonds is 5. The minimum Gasteiger partial charge on any atom is -0.394 e. The van der Waals surface area contributed by atoms with E-state index in [1.54, 1.807) is 9.80 Å². The second kappa shape index (κ2) is 6.30. The van der Waals surface area contributed by atoms with Gasteiger partial charge in [-0.15, -0.1) is 5.10 Å². The highest BCUT2D eigenvalue weighted by atomic mass is 16.3. The molecule has 0 saturated carbocycles. The van der Waals surface area contributed by atoms with Crippen molar-refractivity contribution in [2.24, 2.45) is 0 Å². The third-order valence-electron chi connectivity index (χ3n) is 4.12. The van der Waals surface area contributed by atoms with Crippen molar-refractivity contribution in [1.82, 2.24) is 25.4 Å². The van der Waals surface area contributed by atoms with E-state index in [4.69, 9.17) is 0 Å². The van der Waals surface area contributed by atoms with Crippen molar-refractivity contribution in [3.8, 4) is 0 Å². The van der Waals surface area contributed by atoms with Crippen LogP contribution in [0.3, 0.4) is 0 Å². The van der Waals surface area contributed by atoms with Crippen molar-refractivity contribution in [2.75, 3.05) is 32.1 Å². The molecule has 2 heterocycles. The lowest BCUT2D eigenvalue weighted by Gasteiger charge is -2.36. The van der Waals surface area contributed by atoms with Crippen LogP contribution in [0, 0.1) is 0 Å². The van der Waals surface area contributed by atoms with Gasteiger partial charge in [0.15, 0.2) is 0 Å². The average Bonchev–Trinajstić information content (AvgIpc) is 3.11. The lowest BCUT2D eigenvalue weighted by molar-refractivity contribution is 0.0808. The van der Waals surface area contributed by atoms with Crippen LogP contribution in [-0.4, -0.2) is 64.0 Å². The molecule has 118 valence electrons. The van der Waals surface area contributed by atoms with E-state index in [2.05, 4.69) is 20.5 Å². The topological polar surface area (TPSA) is 97.4 Å². The maximum atomic E-state index is 12.3. The van der Waals surface area contributed by atoms with Crippen molar-refractivity contribution >= 4 is 12.0 Å². The molecule has 1 aromatic heterocycles. The van der Waals surface area contributed by atoms with Crippen molar-refractivity contribution in [3.05, 3.63) is 5.82 Å². The molecule has 0 spiro atoms. The summed E-state index contributed by atoms with van der Waals surface area (Å²) in [6, 6.07) is -0.161. The maximum Gasteiger partial charge on any atom is 0.318 e. The molecule has 8 heteroatoms. The van der Waals surface area contributed by atoms with Crippen molar-refractivity contribution < 1.29 is 9.90 Å². The van der Waals surface area contributed by atoms with Gasteiger partial charge in [-0.3, -0.25) is 5.10 Å². The number of aromatic amines is 1. The largest absolute Gasteiger partial charge is 0.394 e. The Bertz CT molecular complexity index is 483. The van der Waals surface area contributed by atoms with Crippen molar-refractivity contribution in [2.45, 2.75) is 38.3 Å². The molecule has 8 nitrogen and oxygen atoms in total. The summed E-state index contributed by atoms with van der Waals surface area (Å²) in [7, 11) is 3.71. The first-order valence-corrected chi connectivity index (χ1v) is 7.27. The van der Waals surface area contributed by atoms with Crippen LogP contribution in [-0.2, 0) is 6.54 Å². The molecule has 0 aromatic carbocycles. The highest BCUT2D eigenvalue weighted by Gasteiger charge is 2.41. The summed E-state index contributed by atoms with van der Waals surface area (Å²) in [5, 5.41) is 19.3. The third kappa shape index (κ3) is 3.10. The lowest BCUT2D eigenvalue weighted by Crippen LogP contribution is -2.53. The molecule has 2 rings (SSSR count). The van der Waals surface area contributed by atoms with E-state index in [1.807, 2.05) is 21.0 Å². The number of anilines is 1. The Morgan fingerprint density at radius 3 is 2.90 bits per heavy atom. The Morgan fingerprint density at radius 1 is 1.57 bits per heavy atom. The van der Waals surface area contributed by atoms with Crippen LogP contribution in [0.1, 0.15) is 32.0 Å². The van der Waals surface area contributed by atoms with E-state index >= 15 is 0 Å². The van der Waals surface area contributed by atoms with Crippen LogP contribution in [0.25, 0.3) is 0 Å². The first kappa shape index (κ1) is 15.6. The summed E-state index contributed by atoms with van der Waals surface area (Å²) in [5.74, 6) is 1.19. The van der Waals surface area contributed by atoms with Gasteiger partial charge in [-0.05, 0) is 19.3 Å². The Balaban J connectivity index is 1.95. The minimum absolute atomic E-state index is 0.00397. The number of hydrogen-bond acceptors (Lipinski definition) is 5. The molecule has 1 atom stereocenters. The number of amides is 2. The molecular formula is C13H24N6O2. The van der Waals surface area contributed by atoms with Gasteiger partial charge in [-0.2, -0.15) is 4.98 Å². The number of likely N-dealkylation sites (tertiary alicyclic amines) is 1. The smallest absolute Gasteiger partial charge is 0.318 e.